The van der Waals surface area contributed by atoms with Crippen molar-refractivity contribution < 1.29 is 28.5 Å². The van der Waals surface area contributed by atoms with Gasteiger partial charge in [-0.05, 0) is 37.0 Å². The van der Waals surface area contributed by atoms with E-state index >= 15 is 0 Å². The Kier molecular flexibility index (Phi) is 6.59. The normalized spacial score (nSPS) is 17.0. The summed E-state index contributed by atoms with van der Waals surface area (Å²) in [6.07, 6.45) is -0.524. The number of hydrogen-bond donors (Lipinski definition) is 4. The molecule has 8 nitrogen and oxygen atoms in total. The fourth-order valence-corrected chi connectivity index (χ4v) is 3.24. The summed E-state index contributed by atoms with van der Waals surface area (Å²) >= 11 is 0. The number of hydrogen-bond acceptors (Lipinski definition) is 7. The van der Waals surface area contributed by atoms with Crippen LogP contribution < -0.4 is 11.1 Å². The summed E-state index contributed by atoms with van der Waals surface area (Å²) in [6.45, 7) is 1.67. The molecule has 1 amide bonds. The first kappa shape index (κ1) is 22.0. The molecule has 5 N–H and O–H groups in total. The molecule has 162 valence electrons. The molecule has 1 aromatic heterocycles. The van der Waals surface area contributed by atoms with Gasteiger partial charge in [0, 0.05) is 24.8 Å². The van der Waals surface area contributed by atoms with E-state index in [9.17, 15) is 23.8 Å². The van der Waals surface area contributed by atoms with Gasteiger partial charge in [0.15, 0.2) is 17.1 Å². The highest BCUT2D eigenvalue weighted by atomic mass is 19.3. The lowest BCUT2D eigenvalue weighted by molar-refractivity contribution is -0.129. The average Bonchev–Trinajstić information content (AvgIpc) is 2.74. The van der Waals surface area contributed by atoms with Crippen molar-refractivity contribution in [3.05, 3.63) is 41.2 Å². The lowest BCUT2D eigenvalue weighted by Gasteiger charge is -2.26. The number of aromatic nitrogens is 2. The topological polar surface area (TPSA) is 131 Å². The van der Waals surface area contributed by atoms with Crippen LogP contribution in [0.2, 0.25) is 0 Å². The van der Waals surface area contributed by atoms with Gasteiger partial charge in [-0.25, -0.2) is 18.7 Å². The summed E-state index contributed by atoms with van der Waals surface area (Å²) in [7, 11) is 0. The van der Waals surface area contributed by atoms with Gasteiger partial charge >= 0.3 is 0 Å². The Morgan fingerprint density at radius 1 is 1.40 bits per heavy atom. The van der Waals surface area contributed by atoms with Gasteiger partial charge in [0.05, 0.1) is 18.5 Å². The molecule has 0 spiro atoms. The lowest BCUT2D eigenvalue weighted by Crippen LogP contribution is -2.39. The minimum atomic E-state index is -3.20. The monoisotopic (exact) mass is 422 g/mol. The van der Waals surface area contributed by atoms with Crippen molar-refractivity contribution in [2.75, 3.05) is 25.6 Å². The Morgan fingerprint density at radius 2 is 2.10 bits per heavy atom. The molecule has 0 aliphatic carbocycles. The van der Waals surface area contributed by atoms with Crippen LogP contribution in [0.4, 0.5) is 14.6 Å². The summed E-state index contributed by atoms with van der Waals surface area (Å²) in [6, 6.07) is 4.07. The zero-order valence-electron chi connectivity index (χ0n) is 16.4. The van der Waals surface area contributed by atoms with Crippen molar-refractivity contribution in [2.45, 2.75) is 37.8 Å². The van der Waals surface area contributed by atoms with Crippen molar-refractivity contribution in [3.8, 4) is 11.3 Å². The highest BCUT2D eigenvalue weighted by Gasteiger charge is 2.39. The number of ether oxygens (including phenoxy) is 1. The number of aryl methyl sites for hydroxylation is 1. The Bertz CT molecular complexity index is 922. The zero-order chi connectivity index (χ0) is 21.9. The third kappa shape index (κ3) is 4.40. The molecule has 0 saturated carbocycles. The van der Waals surface area contributed by atoms with E-state index in [0.717, 1.165) is 0 Å². The number of rotatable bonds is 6. The van der Waals surface area contributed by atoms with Crippen LogP contribution in [0.3, 0.4) is 0 Å². The molecule has 0 bridgehead atoms. The Balaban J connectivity index is 1.95. The summed E-state index contributed by atoms with van der Waals surface area (Å²) in [5.74, 6) is -0.543. The number of aliphatic hydroxyl groups excluding tert-OH is 1. The highest BCUT2D eigenvalue weighted by molar-refractivity contribution is 5.97. The molecule has 1 aromatic carbocycles. The van der Waals surface area contributed by atoms with E-state index < -0.39 is 24.5 Å². The van der Waals surface area contributed by atoms with E-state index in [1.54, 1.807) is 6.92 Å². The first-order valence-electron chi connectivity index (χ1n) is 9.50. The maximum atomic E-state index is 13.3. The van der Waals surface area contributed by atoms with Gasteiger partial charge in [-0.1, -0.05) is 12.1 Å². The molecule has 1 saturated heterocycles. The quantitative estimate of drug-likeness (QED) is 0.553. The Hall–Kier alpha value is -2.69. The summed E-state index contributed by atoms with van der Waals surface area (Å²) in [5, 5.41) is 22.3. The molecule has 1 aliphatic heterocycles. The predicted octanol–water partition coefficient (Wildman–Crippen LogP) is 1.39. The molecule has 2 heterocycles. The Morgan fingerprint density at radius 3 is 2.73 bits per heavy atom. The third-order valence-corrected chi connectivity index (χ3v) is 5.19. The number of carbonyl (C=O) groups excluding carboxylic acids is 1. The number of anilines is 1. The number of amides is 1. The Labute approximate surface area is 172 Å². The van der Waals surface area contributed by atoms with Crippen LogP contribution in [0.15, 0.2) is 24.4 Å². The smallest absolute Gasteiger partial charge is 0.273 e. The number of benzene rings is 1. The van der Waals surface area contributed by atoms with Crippen molar-refractivity contribution in [3.63, 3.8) is 0 Å². The second-order valence-electron chi connectivity index (χ2n) is 7.26. The summed E-state index contributed by atoms with van der Waals surface area (Å²) < 4.78 is 31.9. The molecular formula is C20H24F2N4O4. The van der Waals surface area contributed by atoms with Gasteiger partial charge < -0.3 is 26.0 Å². The van der Waals surface area contributed by atoms with Crippen LogP contribution in [0.1, 0.15) is 34.5 Å². The first-order chi connectivity index (χ1) is 14.3. The number of aliphatic hydroxyl groups is 2. The highest BCUT2D eigenvalue weighted by Crippen LogP contribution is 2.32. The molecule has 2 aromatic rings. The van der Waals surface area contributed by atoms with E-state index in [2.05, 4.69) is 15.3 Å². The SMILES string of the molecule is Cc1ccc([C@](O)(CO)C(F)F)cc1-c1cnc(N)c(C(=O)NC2CCOCC2)n1. The zero-order valence-corrected chi connectivity index (χ0v) is 16.4. The number of nitrogens with two attached hydrogens (primary N) is 1. The molecule has 1 fully saturated rings. The molecule has 0 unspecified atom stereocenters. The van der Waals surface area contributed by atoms with Crippen LogP contribution >= 0.6 is 0 Å². The molecular weight excluding hydrogens is 398 g/mol. The van der Waals surface area contributed by atoms with Crippen LogP contribution in [0.5, 0.6) is 0 Å². The van der Waals surface area contributed by atoms with Crippen molar-refractivity contribution in [2.24, 2.45) is 0 Å². The van der Waals surface area contributed by atoms with Crippen molar-refractivity contribution in [1.82, 2.24) is 15.3 Å². The van der Waals surface area contributed by atoms with Crippen molar-refractivity contribution in [1.29, 1.82) is 0 Å². The largest absolute Gasteiger partial charge is 0.393 e. The number of alkyl halides is 2. The molecule has 30 heavy (non-hydrogen) atoms. The van der Waals surface area contributed by atoms with E-state index in [0.29, 0.717) is 37.2 Å². The number of carbonyl (C=O) groups is 1. The predicted molar refractivity (Wildman–Crippen MR) is 105 cm³/mol. The number of halogens is 2. The third-order valence-electron chi connectivity index (χ3n) is 5.19. The van der Waals surface area contributed by atoms with Gasteiger partial charge in [-0.3, -0.25) is 4.79 Å². The standard InChI is InChI=1S/C20H24F2N4O4/c1-11-2-3-12(20(29,10-27)19(21)22)8-14(11)15-9-24-17(23)16(26-15)18(28)25-13-4-6-30-7-5-13/h2-3,8-9,13,19,27,29H,4-7,10H2,1H3,(H2,23,24)(H,25,28)/t20-/m1/s1. The molecule has 1 aliphatic rings. The summed E-state index contributed by atoms with van der Waals surface area (Å²) in [5.41, 5.74) is 4.15. The first-order valence-corrected chi connectivity index (χ1v) is 9.50. The van der Waals surface area contributed by atoms with Gasteiger partial charge in [-0.2, -0.15) is 0 Å². The molecule has 10 heteroatoms. The lowest BCUT2D eigenvalue weighted by atomic mass is 9.91. The van der Waals surface area contributed by atoms with Gasteiger partial charge in [0.2, 0.25) is 0 Å². The van der Waals surface area contributed by atoms with Crippen molar-refractivity contribution >= 4 is 11.7 Å². The second kappa shape index (κ2) is 8.99. The van der Waals surface area contributed by atoms with E-state index in [1.165, 1.54) is 24.4 Å². The van der Waals surface area contributed by atoms with Crippen LogP contribution in [-0.2, 0) is 10.3 Å². The fraction of sp³-hybridized carbons (Fsp3) is 0.450. The van der Waals surface area contributed by atoms with Gasteiger partial charge in [0.1, 0.15) is 0 Å². The average molecular weight is 422 g/mol. The molecule has 1 atom stereocenters. The number of nitrogens with one attached hydrogen (secondary N) is 1. The van der Waals surface area contributed by atoms with Crippen LogP contribution in [-0.4, -0.2) is 58.4 Å². The van der Waals surface area contributed by atoms with Gasteiger partial charge in [0.25, 0.3) is 12.3 Å². The van der Waals surface area contributed by atoms with Crippen LogP contribution in [0, 0.1) is 6.92 Å². The second-order valence-corrected chi connectivity index (χ2v) is 7.26. The van der Waals surface area contributed by atoms with E-state index in [1.807, 2.05) is 0 Å². The fourth-order valence-electron chi connectivity index (χ4n) is 3.24. The number of nitrogens with zero attached hydrogens (tertiary/aromatic N) is 2. The minimum absolute atomic E-state index is 0.0587. The number of nitrogen functional groups attached to an aromatic ring is 1. The van der Waals surface area contributed by atoms with E-state index in [4.69, 9.17) is 10.5 Å². The minimum Gasteiger partial charge on any atom is -0.393 e. The molecule has 3 rings (SSSR count). The van der Waals surface area contributed by atoms with E-state index in [-0.39, 0.29) is 28.8 Å². The maximum Gasteiger partial charge on any atom is 0.273 e. The molecule has 0 radical (unpaired) electrons. The maximum absolute atomic E-state index is 13.3. The summed E-state index contributed by atoms with van der Waals surface area (Å²) in [4.78, 5) is 21.0. The van der Waals surface area contributed by atoms with Crippen LogP contribution in [0.25, 0.3) is 11.3 Å². The van der Waals surface area contributed by atoms with Gasteiger partial charge in [-0.15, -0.1) is 0 Å².